The lowest BCUT2D eigenvalue weighted by atomic mass is 10.2. The number of anilines is 1. The SMILES string of the molecule is O=C(NCCc1ccncc1)Nc1ccc(CN2CCOCC2)cc1. The van der Waals surface area contributed by atoms with Crippen LogP contribution in [0.25, 0.3) is 0 Å². The highest BCUT2D eigenvalue weighted by Crippen LogP contribution is 2.12. The molecule has 1 saturated heterocycles. The summed E-state index contributed by atoms with van der Waals surface area (Å²) in [6, 6.07) is 11.7. The molecule has 1 aromatic heterocycles. The number of amides is 2. The van der Waals surface area contributed by atoms with Gasteiger partial charge in [0.25, 0.3) is 0 Å². The van der Waals surface area contributed by atoms with Gasteiger partial charge in [-0.25, -0.2) is 4.79 Å². The van der Waals surface area contributed by atoms with Crippen LogP contribution in [-0.4, -0.2) is 48.8 Å². The number of hydrogen-bond acceptors (Lipinski definition) is 4. The molecule has 0 aliphatic carbocycles. The second kappa shape index (κ2) is 9.15. The number of benzene rings is 1. The minimum Gasteiger partial charge on any atom is -0.379 e. The van der Waals surface area contributed by atoms with E-state index in [0.29, 0.717) is 6.54 Å². The number of rotatable bonds is 6. The van der Waals surface area contributed by atoms with E-state index >= 15 is 0 Å². The van der Waals surface area contributed by atoms with Gasteiger partial charge in [0, 0.05) is 44.3 Å². The summed E-state index contributed by atoms with van der Waals surface area (Å²) in [6.07, 6.45) is 4.30. The lowest BCUT2D eigenvalue weighted by Crippen LogP contribution is -2.35. The standard InChI is InChI=1S/C19H24N4O2/c24-19(21-10-7-16-5-8-20-9-6-16)22-18-3-1-17(2-4-18)15-23-11-13-25-14-12-23/h1-6,8-9H,7,10-15H2,(H2,21,22,24). The highest BCUT2D eigenvalue weighted by Gasteiger charge is 2.10. The summed E-state index contributed by atoms with van der Waals surface area (Å²) in [5.41, 5.74) is 3.19. The Morgan fingerprint density at radius 3 is 2.48 bits per heavy atom. The molecule has 25 heavy (non-hydrogen) atoms. The molecule has 0 bridgehead atoms. The monoisotopic (exact) mass is 340 g/mol. The summed E-state index contributed by atoms with van der Waals surface area (Å²) < 4.78 is 5.36. The van der Waals surface area contributed by atoms with E-state index in [1.54, 1.807) is 12.4 Å². The van der Waals surface area contributed by atoms with Crippen LogP contribution in [0.4, 0.5) is 10.5 Å². The van der Waals surface area contributed by atoms with Gasteiger partial charge in [-0.1, -0.05) is 12.1 Å². The molecule has 0 radical (unpaired) electrons. The number of carbonyl (C=O) groups is 1. The number of ether oxygens (including phenoxy) is 1. The van der Waals surface area contributed by atoms with Crippen LogP contribution in [0.5, 0.6) is 0 Å². The third kappa shape index (κ3) is 5.85. The molecular formula is C19H24N4O2. The Labute approximate surface area is 148 Å². The van der Waals surface area contributed by atoms with Crippen molar-refractivity contribution in [3.63, 3.8) is 0 Å². The quantitative estimate of drug-likeness (QED) is 0.847. The maximum atomic E-state index is 11.9. The van der Waals surface area contributed by atoms with E-state index in [-0.39, 0.29) is 6.03 Å². The molecule has 132 valence electrons. The van der Waals surface area contributed by atoms with Gasteiger partial charge in [-0.15, -0.1) is 0 Å². The maximum Gasteiger partial charge on any atom is 0.319 e. The van der Waals surface area contributed by atoms with Crippen LogP contribution in [0, 0.1) is 0 Å². The Hall–Kier alpha value is -2.44. The number of nitrogens with zero attached hydrogens (tertiary/aromatic N) is 2. The Morgan fingerprint density at radius 2 is 1.76 bits per heavy atom. The van der Waals surface area contributed by atoms with E-state index in [4.69, 9.17) is 4.74 Å². The molecule has 0 unspecified atom stereocenters. The van der Waals surface area contributed by atoms with Gasteiger partial charge in [0.05, 0.1) is 13.2 Å². The van der Waals surface area contributed by atoms with Crippen molar-refractivity contribution in [3.8, 4) is 0 Å². The number of aromatic nitrogens is 1. The van der Waals surface area contributed by atoms with E-state index in [9.17, 15) is 4.79 Å². The van der Waals surface area contributed by atoms with Crippen molar-refractivity contribution >= 4 is 11.7 Å². The molecule has 1 aliphatic rings. The molecule has 1 fully saturated rings. The zero-order valence-electron chi connectivity index (χ0n) is 14.3. The fourth-order valence-corrected chi connectivity index (χ4v) is 2.76. The summed E-state index contributed by atoms with van der Waals surface area (Å²) in [6.45, 7) is 5.06. The van der Waals surface area contributed by atoms with Crippen molar-refractivity contribution in [1.82, 2.24) is 15.2 Å². The largest absolute Gasteiger partial charge is 0.379 e. The van der Waals surface area contributed by atoms with Crippen molar-refractivity contribution in [3.05, 3.63) is 59.9 Å². The molecule has 2 amide bonds. The van der Waals surface area contributed by atoms with E-state index < -0.39 is 0 Å². The molecule has 3 rings (SSSR count). The Kier molecular flexibility index (Phi) is 6.36. The molecule has 1 aromatic carbocycles. The van der Waals surface area contributed by atoms with Gasteiger partial charge in [0.2, 0.25) is 0 Å². The van der Waals surface area contributed by atoms with Crippen molar-refractivity contribution in [1.29, 1.82) is 0 Å². The molecular weight excluding hydrogens is 316 g/mol. The highest BCUT2D eigenvalue weighted by molar-refractivity contribution is 5.89. The first-order chi connectivity index (χ1) is 12.3. The number of carbonyl (C=O) groups excluding carboxylic acids is 1. The van der Waals surface area contributed by atoms with Crippen molar-refractivity contribution in [2.45, 2.75) is 13.0 Å². The molecule has 2 N–H and O–H groups in total. The zero-order valence-corrected chi connectivity index (χ0v) is 14.3. The normalized spacial score (nSPS) is 14.9. The molecule has 0 spiro atoms. The van der Waals surface area contributed by atoms with Crippen molar-refractivity contribution in [2.75, 3.05) is 38.2 Å². The van der Waals surface area contributed by atoms with Gasteiger partial charge < -0.3 is 15.4 Å². The molecule has 6 heteroatoms. The van der Waals surface area contributed by atoms with Crippen LogP contribution in [0.3, 0.4) is 0 Å². The first-order valence-electron chi connectivity index (χ1n) is 8.62. The molecule has 0 saturated carbocycles. The average molecular weight is 340 g/mol. The first kappa shape index (κ1) is 17.4. The maximum absolute atomic E-state index is 11.9. The number of hydrogen-bond donors (Lipinski definition) is 2. The summed E-state index contributed by atoms with van der Waals surface area (Å²) in [5.74, 6) is 0. The van der Waals surface area contributed by atoms with Gasteiger partial charge in [-0.05, 0) is 41.8 Å². The van der Waals surface area contributed by atoms with E-state index in [1.165, 1.54) is 5.56 Å². The summed E-state index contributed by atoms with van der Waals surface area (Å²) >= 11 is 0. The minimum atomic E-state index is -0.185. The predicted octanol–water partition coefficient (Wildman–Crippen LogP) is 2.28. The molecule has 2 aromatic rings. The van der Waals surface area contributed by atoms with E-state index in [1.807, 2.05) is 24.3 Å². The summed E-state index contributed by atoms with van der Waals surface area (Å²) in [7, 11) is 0. The fourth-order valence-electron chi connectivity index (χ4n) is 2.76. The lowest BCUT2D eigenvalue weighted by Gasteiger charge is -2.26. The molecule has 6 nitrogen and oxygen atoms in total. The lowest BCUT2D eigenvalue weighted by molar-refractivity contribution is 0.0342. The zero-order chi connectivity index (χ0) is 17.3. The minimum absolute atomic E-state index is 0.185. The second-order valence-electron chi connectivity index (χ2n) is 6.07. The van der Waals surface area contributed by atoms with Gasteiger partial charge in [-0.3, -0.25) is 9.88 Å². The Morgan fingerprint density at radius 1 is 1.04 bits per heavy atom. The first-order valence-corrected chi connectivity index (χ1v) is 8.62. The average Bonchev–Trinajstić information content (AvgIpc) is 2.65. The van der Waals surface area contributed by atoms with Crippen LogP contribution in [0.1, 0.15) is 11.1 Å². The topological polar surface area (TPSA) is 66.5 Å². The Bertz CT molecular complexity index is 655. The van der Waals surface area contributed by atoms with Crippen LogP contribution in [-0.2, 0) is 17.7 Å². The van der Waals surface area contributed by atoms with Crippen LogP contribution < -0.4 is 10.6 Å². The second-order valence-corrected chi connectivity index (χ2v) is 6.07. The van der Waals surface area contributed by atoms with Crippen LogP contribution >= 0.6 is 0 Å². The summed E-state index contributed by atoms with van der Waals surface area (Å²) in [5, 5.41) is 5.73. The van der Waals surface area contributed by atoms with Crippen molar-refractivity contribution < 1.29 is 9.53 Å². The van der Waals surface area contributed by atoms with Gasteiger partial charge >= 0.3 is 6.03 Å². The van der Waals surface area contributed by atoms with Gasteiger partial charge in [0.1, 0.15) is 0 Å². The number of nitrogens with one attached hydrogen (secondary N) is 2. The molecule has 1 aliphatic heterocycles. The number of morpholine rings is 1. The third-order valence-corrected chi connectivity index (χ3v) is 4.17. The highest BCUT2D eigenvalue weighted by atomic mass is 16.5. The van der Waals surface area contributed by atoms with Gasteiger partial charge in [-0.2, -0.15) is 0 Å². The third-order valence-electron chi connectivity index (χ3n) is 4.17. The van der Waals surface area contributed by atoms with Crippen LogP contribution in [0.15, 0.2) is 48.8 Å². The van der Waals surface area contributed by atoms with Crippen molar-refractivity contribution in [2.24, 2.45) is 0 Å². The fraction of sp³-hybridized carbons (Fsp3) is 0.368. The smallest absolute Gasteiger partial charge is 0.319 e. The van der Waals surface area contributed by atoms with E-state index in [0.717, 1.165) is 50.5 Å². The molecule has 2 heterocycles. The van der Waals surface area contributed by atoms with E-state index in [2.05, 4.69) is 32.7 Å². The predicted molar refractivity (Wildman–Crippen MR) is 97.5 cm³/mol. The Balaban J connectivity index is 1.40. The van der Waals surface area contributed by atoms with Crippen LogP contribution in [0.2, 0.25) is 0 Å². The van der Waals surface area contributed by atoms with Gasteiger partial charge in [0.15, 0.2) is 0 Å². The number of urea groups is 1. The summed E-state index contributed by atoms with van der Waals surface area (Å²) in [4.78, 5) is 18.3. The number of pyridine rings is 1. The molecule has 0 atom stereocenters.